The average molecular weight is 378 g/mol. The van der Waals surface area contributed by atoms with Crippen LogP contribution in [-0.2, 0) is 7.05 Å². The maximum absolute atomic E-state index is 5.97. The van der Waals surface area contributed by atoms with Crippen LogP contribution in [-0.4, -0.2) is 42.7 Å². The van der Waals surface area contributed by atoms with Crippen molar-refractivity contribution in [2.45, 2.75) is 31.7 Å². The Balaban J connectivity index is 1.52. The first-order valence-electron chi connectivity index (χ1n) is 9.65. The molecule has 1 fully saturated rings. The molecule has 1 aliphatic rings. The summed E-state index contributed by atoms with van der Waals surface area (Å²) in [4.78, 5) is 15.7. The zero-order valence-electron chi connectivity index (χ0n) is 16.3. The topological polar surface area (TPSA) is 97.8 Å². The number of aryl methyl sites for hydroxylation is 1. The van der Waals surface area contributed by atoms with Gasteiger partial charge in [0.15, 0.2) is 5.82 Å². The van der Waals surface area contributed by atoms with E-state index in [2.05, 4.69) is 43.3 Å². The van der Waals surface area contributed by atoms with Gasteiger partial charge in [0.25, 0.3) is 0 Å². The lowest BCUT2D eigenvalue weighted by Gasteiger charge is -2.36. The molecule has 146 valence electrons. The summed E-state index contributed by atoms with van der Waals surface area (Å²) in [6.45, 7) is 4.10. The van der Waals surface area contributed by atoms with Crippen molar-refractivity contribution < 1.29 is 0 Å². The number of nitrogens with two attached hydrogens (primary N) is 1. The molecule has 0 radical (unpaired) electrons. The summed E-state index contributed by atoms with van der Waals surface area (Å²) in [5, 5.41) is 7.53. The van der Waals surface area contributed by atoms with Gasteiger partial charge in [-0.1, -0.05) is 18.2 Å². The molecule has 1 saturated heterocycles. The van der Waals surface area contributed by atoms with Crippen LogP contribution in [0.4, 0.5) is 17.6 Å². The van der Waals surface area contributed by atoms with Gasteiger partial charge in [0, 0.05) is 37.1 Å². The van der Waals surface area contributed by atoms with E-state index in [1.54, 1.807) is 0 Å². The highest BCUT2D eigenvalue weighted by atomic mass is 15.3. The minimum atomic E-state index is 0.0534. The van der Waals surface area contributed by atoms with Crippen LogP contribution >= 0.6 is 0 Å². The van der Waals surface area contributed by atoms with Crippen molar-refractivity contribution in [1.82, 2.24) is 29.6 Å². The fraction of sp³-hybridized carbons (Fsp3) is 0.400. The molecule has 0 amide bonds. The summed E-state index contributed by atoms with van der Waals surface area (Å²) in [6, 6.07) is 12.0. The van der Waals surface area contributed by atoms with Crippen LogP contribution in [0.2, 0.25) is 0 Å². The van der Waals surface area contributed by atoms with Gasteiger partial charge in [-0.25, -0.2) is 0 Å². The number of hydrogen-bond donors (Lipinski definition) is 2. The minimum Gasteiger partial charge on any atom is -0.368 e. The summed E-state index contributed by atoms with van der Waals surface area (Å²) in [6.07, 6.45) is 4.17. The van der Waals surface area contributed by atoms with Crippen LogP contribution in [0.3, 0.4) is 0 Å². The van der Waals surface area contributed by atoms with E-state index in [1.165, 1.54) is 12.1 Å². The van der Waals surface area contributed by atoms with Crippen molar-refractivity contribution in [3.05, 3.63) is 54.1 Å². The van der Waals surface area contributed by atoms with Crippen LogP contribution in [0.25, 0.3) is 0 Å². The van der Waals surface area contributed by atoms with E-state index in [1.807, 2.05) is 48.3 Å². The molecule has 0 aliphatic carbocycles. The van der Waals surface area contributed by atoms with Crippen molar-refractivity contribution in [3.63, 3.8) is 0 Å². The number of benzene rings is 1. The van der Waals surface area contributed by atoms with Crippen LogP contribution in [0.5, 0.6) is 0 Å². The van der Waals surface area contributed by atoms with Gasteiger partial charge >= 0.3 is 0 Å². The second-order valence-electron chi connectivity index (χ2n) is 7.26. The second kappa shape index (κ2) is 7.93. The number of rotatable bonds is 5. The molecule has 2 atom stereocenters. The first-order valence-corrected chi connectivity index (χ1v) is 9.65. The quantitative estimate of drug-likeness (QED) is 0.704. The van der Waals surface area contributed by atoms with Gasteiger partial charge in [-0.15, -0.1) is 0 Å². The number of likely N-dealkylation sites (tertiary alicyclic amines) is 1. The number of anilines is 3. The Kier molecular flexibility index (Phi) is 5.21. The molecule has 1 aliphatic heterocycles. The molecule has 0 saturated carbocycles. The van der Waals surface area contributed by atoms with Gasteiger partial charge in [-0.2, -0.15) is 20.1 Å². The van der Waals surface area contributed by atoms with Crippen molar-refractivity contribution >= 4 is 17.6 Å². The van der Waals surface area contributed by atoms with Gasteiger partial charge in [-0.05, 0) is 44.5 Å². The Bertz CT molecular complexity index is 923. The molecule has 28 heavy (non-hydrogen) atoms. The molecule has 3 N–H and O–H groups in total. The van der Waals surface area contributed by atoms with Crippen molar-refractivity contribution in [3.8, 4) is 0 Å². The van der Waals surface area contributed by atoms with Gasteiger partial charge in [0.2, 0.25) is 11.9 Å². The molecular weight excluding hydrogens is 352 g/mol. The number of hydrogen-bond acceptors (Lipinski definition) is 7. The third-order valence-corrected chi connectivity index (χ3v) is 5.35. The Morgan fingerprint density at radius 1 is 1.14 bits per heavy atom. The minimum absolute atomic E-state index is 0.0534. The van der Waals surface area contributed by atoms with Crippen LogP contribution < -0.4 is 11.1 Å². The van der Waals surface area contributed by atoms with Gasteiger partial charge < -0.3 is 11.1 Å². The standard InChI is InChI=1S/C20H26N8/c1-14(28-12-6-7-15(13-28)17-10-11-22-27(17)2)18-24-19(21)26-20(25-18)23-16-8-4-3-5-9-16/h3-5,8-11,14-15H,6-7,12-13H2,1-2H3,(H3,21,23,24,25,26). The smallest absolute Gasteiger partial charge is 0.232 e. The molecule has 2 unspecified atom stereocenters. The molecule has 3 aromatic rings. The maximum Gasteiger partial charge on any atom is 0.232 e. The van der Waals surface area contributed by atoms with E-state index >= 15 is 0 Å². The molecule has 2 aromatic heterocycles. The van der Waals surface area contributed by atoms with Gasteiger partial charge in [-0.3, -0.25) is 9.58 Å². The van der Waals surface area contributed by atoms with E-state index in [-0.39, 0.29) is 12.0 Å². The van der Waals surface area contributed by atoms with Crippen LogP contribution in [0.15, 0.2) is 42.6 Å². The third-order valence-electron chi connectivity index (χ3n) is 5.35. The van der Waals surface area contributed by atoms with Gasteiger partial charge in [0.1, 0.15) is 0 Å². The predicted octanol–water partition coefficient (Wildman–Crippen LogP) is 2.87. The lowest BCUT2D eigenvalue weighted by atomic mass is 9.93. The summed E-state index contributed by atoms with van der Waals surface area (Å²) in [7, 11) is 2.01. The lowest BCUT2D eigenvalue weighted by Crippen LogP contribution is -2.37. The number of nitrogen functional groups attached to an aromatic ring is 1. The molecule has 0 bridgehead atoms. The van der Waals surface area contributed by atoms with Crippen molar-refractivity contribution in [2.24, 2.45) is 7.05 Å². The normalized spacial score (nSPS) is 18.7. The number of nitrogens with zero attached hydrogens (tertiary/aromatic N) is 6. The number of aromatic nitrogens is 5. The number of nitrogens with one attached hydrogen (secondary N) is 1. The predicted molar refractivity (Wildman–Crippen MR) is 109 cm³/mol. The Morgan fingerprint density at radius 3 is 2.71 bits per heavy atom. The molecular formula is C20H26N8. The molecule has 4 rings (SSSR count). The van der Waals surface area contributed by atoms with E-state index < -0.39 is 0 Å². The molecule has 1 aromatic carbocycles. The highest BCUT2D eigenvalue weighted by molar-refractivity contribution is 5.53. The summed E-state index contributed by atoms with van der Waals surface area (Å²) in [5.74, 6) is 1.86. The zero-order chi connectivity index (χ0) is 19.5. The van der Waals surface area contributed by atoms with Crippen LogP contribution in [0.1, 0.15) is 43.2 Å². The SMILES string of the molecule is CC(c1nc(N)nc(Nc2ccccc2)n1)N1CCCC(c2ccnn2C)C1. The maximum atomic E-state index is 5.97. The average Bonchev–Trinajstić information content (AvgIpc) is 3.14. The zero-order valence-corrected chi connectivity index (χ0v) is 16.3. The monoisotopic (exact) mass is 378 g/mol. The lowest BCUT2D eigenvalue weighted by molar-refractivity contribution is 0.150. The summed E-state index contributed by atoms with van der Waals surface area (Å²) >= 11 is 0. The molecule has 3 heterocycles. The van der Waals surface area contributed by atoms with Crippen molar-refractivity contribution in [1.29, 1.82) is 0 Å². The van der Waals surface area contributed by atoms with E-state index in [0.717, 1.165) is 25.2 Å². The molecule has 8 nitrogen and oxygen atoms in total. The van der Waals surface area contributed by atoms with Gasteiger partial charge in [0.05, 0.1) is 6.04 Å². The first-order chi connectivity index (χ1) is 13.6. The van der Waals surface area contributed by atoms with Crippen molar-refractivity contribution in [2.75, 3.05) is 24.1 Å². The highest BCUT2D eigenvalue weighted by Crippen LogP contribution is 2.31. The fourth-order valence-electron chi connectivity index (χ4n) is 3.85. The van der Waals surface area contributed by atoms with E-state index in [0.29, 0.717) is 17.7 Å². The number of para-hydroxylation sites is 1. The third kappa shape index (κ3) is 3.96. The van der Waals surface area contributed by atoms with E-state index in [4.69, 9.17) is 5.73 Å². The van der Waals surface area contributed by atoms with Crippen LogP contribution in [0, 0.1) is 0 Å². The fourth-order valence-corrected chi connectivity index (χ4v) is 3.85. The summed E-state index contributed by atoms with van der Waals surface area (Å²) in [5.41, 5.74) is 8.17. The summed E-state index contributed by atoms with van der Waals surface area (Å²) < 4.78 is 1.97. The first kappa shape index (κ1) is 18.4. The molecule has 0 spiro atoms. The number of piperidine rings is 1. The van der Waals surface area contributed by atoms with E-state index in [9.17, 15) is 0 Å². The Labute approximate surface area is 164 Å². The highest BCUT2D eigenvalue weighted by Gasteiger charge is 2.28. The largest absolute Gasteiger partial charge is 0.368 e. The second-order valence-corrected chi connectivity index (χ2v) is 7.26. The molecule has 8 heteroatoms. The Morgan fingerprint density at radius 2 is 1.96 bits per heavy atom. The Hall–Kier alpha value is -3.00.